The van der Waals surface area contributed by atoms with Gasteiger partial charge in [0.1, 0.15) is 11.7 Å². The molecule has 2 atom stereocenters. The van der Waals surface area contributed by atoms with Crippen molar-refractivity contribution in [3.05, 3.63) is 0 Å². The minimum Gasteiger partial charge on any atom is -0.444 e. The Morgan fingerprint density at radius 2 is 2.18 bits per heavy atom. The third kappa shape index (κ3) is 3.94. The van der Waals surface area contributed by atoms with Crippen LogP contribution in [-0.4, -0.2) is 40.4 Å². The molecule has 0 radical (unpaired) electrons. The summed E-state index contributed by atoms with van der Waals surface area (Å²) in [5.74, 6) is 2.29. The lowest BCUT2D eigenvalue weighted by atomic mass is 9.98. The Bertz CT molecular complexity index is 314. The molecule has 0 aromatic heterocycles. The van der Waals surface area contributed by atoms with Crippen LogP contribution in [0.15, 0.2) is 0 Å². The Hall–Kier alpha value is -1.21. The number of terminal acetylenes is 1. The maximum absolute atomic E-state index is 12.0. The zero-order valence-corrected chi connectivity index (χ0v) is 10.8. The zero-order valence-electron chi connectivity index (χ0n) is 10.8. The maximum atomic E-state index is 12.0. The van der Waals surface area contributed by atoms with E-state index >= 15 is 0 Å². The van der Waals surface area contributed by atoms with Crippen molar-refractivity contribution in [1.29, 1.82) is 0 Å². The molecule has 1 N–H and O–H groups in total. The first kappa shape index (κ1) is 13.9. The van der Waals surface area contributed by atoms with Gasteiger partial charge in [0, 0.05) is 6.54 Å². The first-order chi connectivity index (χ1) is 7.85. The Morgan fingerprint density at radius 3 is 2.71 bits per heavy atom. The maximum Gasteiger partial charge on any atom is 0.410 e. The lowest BCUT2D eigenvalue weighted by molar-refractivity contribution is -0.00627. The number of carbonyl (C=O) groups is 1. The molecule has 1 aliphatic heterocycles. The fraction of sp³-hybridized carbons (Fsp3) is 0.769. The van der Waals surface area contributed by atoms with Crippen LogP contribution in [0.3, 0.4) is 0 Å². The molecule has 17 heavy (non-hydrogen) atoms. The van der Waals surface area contributed by atoms with E-state index in [2.05, 4.69) is 5.92 Å². The summed E-state index contributed by atoms with van der Waals surface area (Å²) in [5.41, 5.74) is -0.528. The second kappa shape index (κ2) is 5.42. The van der Waals surface area contributed by atoms with Crippen LogP contribution < -0.4 is 0 Å². The Balaban J connectivity index is 2.72. The highest BCUT2D eigenvalue weighted by Crippen LogP contribution is 2.22. The molecule has 1 rings (SSSR count). The molecule has 0 aromatic carbocycles. The van der Waals surface area contributed by atoms with Crippen LogP contribution in [0.1, 0.15) is 40.0 Å². The number of rotatable bonds is 1. The van der Waals surface area contributed by atoms with Gasteiger partial charge in [-0.1, -0.05) is 5.92 Å². The molecule has 0 bridgehead atoms. The predicted octanol–water partition coefficient (Wildman–Crippen LogP) is 1.77. The molecule has 1 fully saturated rings. The second-order valence-corrected chi connectivity index (χ2v) is 5.35. The molecule has 1 heterocycles. The molecule has 0 spiro atoms. The van der Waals surface area contributed by atoms with E-state index in [1.165, 1.54) is 0 Å². The number of likely N-dealkylation sites (tertiary alicyclic amines) is 1. The molecule has 96 valence electrons. The van der Waals surface area contributed by atoms with Crippen molar-refractivity contribution in [2.45, 2.75) is 57.8 Å². The van der Waals surface area contributed by atoms with E-state index in [9.17, 15) is 9.90 Å². The summed E-state index contributed by atoms with van der Waals surface area (Å²) < 4.78 is 5.31. The topological polar surface area (TPSA) is 49.8 Å². The van der Waals surface area contributed by atoms with Gasteiger partial charge in [-0.15, -0.1) is 6.42 Å². The zero-order chi connectivity index (χ0) is 13.1. The van der Waals surface area contributed by atoms with E-state index < -0.39 is 17.8 Å². The molecule has 1 saturated heterocycles. The van der Waals surface area contributed by atoms with Crippen molar-refractivity contribution in [2.24, 2.45) is 0 Å². The van der Waals surface area contributed by atoms with E-state index in [4.69, 9.17) is 11.2 Å². The highest BCUT2D eigenvalue weighted by atomic mass is 16.6. The van der Waals surface area contributed by atoms with Crippen molar-refractivity contribution < 1.29 is 14.6 Å². The summed E-state index contributed by atoms with van der Waals surface area (Å²) >= 11 is 0. The van der Waals surface area contributed by atoms with Gasteiger partial charge >= 0.3 is 6.09 Å². The monoisotopic (exact) mass is 239 g/mol. The van der Waals surface area contributed by atoms with Gasteiger partial charge in [0.05, 0.1) is 6.04 Å². The molecule has 0 saturated carbocycles. The Labute approximate surface area is 103 Å². The van der Waals surface area contributed by atoms with Crippen LogP contribution in [0.2, 0.25) is 0 Å². The number of amides is 1. The molecule has 0 aliphatic carbocycles. The number of hydrogen-bond acceptors (Lipinski definition) is 3. The Morgan fingerprint density at radius 1 is 1.53 bits per heavy atom. The second-order valence-electron chi connectivity index (χ2n) is 5.35. The van der Waals surface area contributed by atoms with Gasteiger partial charge < -0.3 is 14.7 Å². The van der Waals surface area contributed by atoms with Gasteiger partial charge in [-0.2, -0.15) is 0 Å². The van der Waals surface area contributed by atoms with Crippen LogP contribution in [0, 0.1) is 12.3 Å². The number of nitrogens with zero attached hydrogens (tertiary/aromatic N) is 1. The van der Waals surface area contributed by atoms with Crippen molar-refractivity contribution in [1.82, 2.24) is 4.90 Å². The highest BCUT2D eigenvalue weighted by molar-refractivity contribution is 5.68. The van der Waals surface area contributed by atoms with Crippen LogP contribution in [-0.2, 0) is 4.74 Å². The summed E-state index contributed by atoms with van der Waals surface area (Å²) in [6.45, 7) is 6.06. The predicted molar refractivity (Wildman–Crippen MR) is 65.4 cm³/mol. The fourth-order valence-corrected chi connectivity index (χ4v) is 1.94. The molecular formula is C13H21NO3. The quantitative estimate of drug-likeness (QED) is 0.709. The van der Waals surface area contributed by atoms with Crippen molar-refractivity contribution >= 4 is 6.09 Å². The first-order valence-corrected chi connectivity index (χ1v) is 5.99. The summed E-state index contributed by atoms with van der Waals surface area (Å²) in [4.78, 5) is 13.5. The number of hydrogen-bond donors (Lipinski definition) is 1. The lowest BCUT2D eigenvalue weighted by Crippen LogP contribution is -2.50. The van der Waals surface area contributed by atoms with E-state index in [-0.39, 0.29) is 6.04 Å². The smallest absolute Gasteiger partial charge is 0.410 e. The van der Waals surface area contributed by atoms with Gasteiger partial charge in [-0.05, 0) is 40.0 Å². The van der Waals surface area contributed by atoms with E-state index in [0.29, 0.717) is 6.54 Å². The molecule has 1 amide bonds. The normalized spacial score (nSPS) is 22.8. The number of aliphatic hydroxyl groups excluding tert-OH is 1. The third-order valence-corrected chi connectivity index (χ3v) is 2.71. The fourth-order valence-electron chi connectivity index (χ4n) is 1.94. The summed E-state index contributed by atoms with van der Waals surface area (Å²) in [6.07, 6.45) is 6.53. The van der Waals surface area contributed by atoms with E-state index in [1.54, 1.807) is 4.90 Å². The molecule has 1 aliphatic rings. The van der Waals surface area contributed by atoms with Gasteiger partial charge in [0.25, 0.3) is 0 Å². The minimum atomic E-state index is -0.914. The molecule has 4 nitrogen and oxygen atoms in total. The Kier molecular flexibility index (Phi) is 4.41. The third-order valence-electron chi connectivity index (χ3n) is 2.71. The minimum absolute atomic E-state index is 0.316. The van der Waals surface area contributed by atoms with Gasteiger partial charge in [-0.25, -0.2) is 4.79 Å². The first-order valence-electron chi connectivity index (χ1n) is 5.99. The van der Waals surface area contributed by atoms with Crippen LogP contribution in [0.4, 0.5) is 4.79 Å². The van der Waals surface area contributed by atoms with Crippen molar-refractivity contribution in [3.63, 3.8) is 0 Å². The molecule has 4 heteroatoms. The van der Waals surface area contributed by atoms with Crippen molar-refractivity contribution in [2.75, 3.05) is 6.54 Å². The van der Waals surface area contributed by atoms with Crippen LogP contribution >= 0.6 is 0 Å². The number of aliphatic hydroxyl groups is 1. The summed E-state index contributed by atoms with van der Waals surface area (Å²) in [7, 11) is 0. The SMILES string of the molecule is C#C[C@@H](O)[C@H]1CCCCN1C(=O)OC(C)(C)C. The standard InChI is InChI=1S/C13H21NO3/c1-5-11(15)10-8-6-7-9-14(10)12(16)17-13(2,3)4/h1,10-11,15H,6-9H2,2-4H3/t10-,11-/m1/s1. The number of ether oxygens (including phenoxy) is 1. The van der Waals surface area contributed by atoms with Gasteiger partial charge in [0.2, 0.25) is 0 Å². The largest absolute Gasteiger partial charge is 0.444 e. The summed E-state index contributed by atoms with van der Waals surface area (Å²) in [6, 6.07) is -0.316. The number of carbonyl (C=O) groups excluding carboxylic acids is 1. The van der Waals surface area contributed by atoms with Gasteiger partial charge in [-0.3, -0.25) is 0 Å². The van der Waals surface area contributed by atoms with Crippen LogP contribution in [0.5, 0.6) is 0 Å². The van der Waals surface area contributed by atoms with Gasteiger partial charge in [0.15, 0.2) is 0 Å². The highest BCUT2D eigenvalue weighted by Gasteiger charge is 2.33. The number of piperidine rings is 1. The van der Waals surface area contributed by atoms with E-state index in [1.807, 2.05) is 20.8 Å². The van der Waals surface area contributed by atoms with Crippen molar-refractivity contribution in [3.8, 4) is 12.3 Å². The van der Waals surface area contributed by atoms with E-state index in [0.717, 1.165) is 19.3 Å². The average Bonchev–Trinajstić information content (AvgIpc) is 2.25. The average molecular weight is 239 g/mol. The lowest BCUT2D eigenvalue weighted by Gasteiger charge is -2.37. The molecular weight excluding hydrogens is 218 g/mol. The molecule has 0 unspecified atom stereocenters. The van der Waals surface area contributed by atoms with Crippen LogP contribution in [0.25, 0.3) is 0 Å². The summed E-state index contributed by atoms with van der Waals surface area (Å²) in [5, 5.41) is 9.71. The molecule has 0 aromatic rings.